The van der Waals surface area contributed by atoms with Gasteiger partial charge in [-0.25, -0.2) is 8.42 Å². The molecule has 0 radical (unpaired) electrons. The topological polar surface area (TPSA) is 107 Å². The molecule has 0 fully saturated rings. The summed E-state index contributed by atoms with van der Waals surface area (Å²) in [4.78, 5) is 16.4. The molecule has 1 heterocycles. The highest BCUT2D eigenvalue weighted by molar-refractivity contribution is 7.92. The number of benzene rings is 2. The second-order valence-corrected chi connectivity index (χ2v) is 7.97. The number of sulfonamides is 1. The number of anilines is 1. The molecule has 2 N–H and O–H groups in total. The standard InChI is InChI=1S/C22H23N3O5S/c1-2-29-20-12-13-23-16-19(20)25-31(27,28)21-11-7-6-10-18(21)22(26)24-14-15-30-17-8-4-3-5-9-17/h3-13,16,25H,2,14-15H2,1H3,(H,24,26). The first kappa shape index (κ1) is 22.1. The molecule has 162 valence electrons. The normalized spacial score (nSPS) is 10.9. The number of ether oxygens (including phenoxy) is 2. The van der Waals surface area contributed by atoms with Gasteiger partial charge in [0.15, 0.2) is 0 Å². The van der Waals surface area contributed by atoms with E-state index in [4.69, 9.17) is 9.47 Å². The number of nitrogens with zero attached hydrogens (tertiary/aromatic N) is 1. The molecule has 0 saturated carbocycles. The van der Waals surface area contributed by atoms with Crippen LogP contribution in [0.25, 0.3) is 0 Å². The zero-order chi connectivity index (χ0) is 22.1. The number of carbonyl (C=O) groups is 1. The van der Waals surface area contributed by atoms with Crippen molar-refractivity contribution in [3.05, 3.63) is 78.6 Å². The number of hydrogen-bond donors (Lipinski definition) is 2. The van der Waals surface area contributed by atoms with Crippen LogP contribution in [-0.2, 0) is 10.0 Å². The van der Waals surface area contributed by atoms with E-state index in [0.717, 1.165) is 0 Å². The van der Waals surface area contributed by atoms with Crippen LogP contribution in [0.15, 0.2) is 78.0 Å². The third-order valence-electron chi connectivity index (χ3n) is 4.15. The van der Waals surface area contributed by atoms with Crippen LogP contribution in [0.4, 0.5) is 5.69 Å². The number of carbonyl (C=O) groups excluding carboxylic acids is 1. The van der Waals surface area contributed by atoms with Gasteiger partial charge in [-0.3, -0.25) is 14.5 Å². The highest BCUT2D eigenvalue weighted by Crippen LogP contribution is 2.26. The molecule has 9 heteroatoms. The van der Waals surface area contributed by atoms with E-state index in [1.807, 2.05) is 30.3 Å². The highest BCUT2D eigenvalue weighted by atomic mass is 32.2. The van der Waals surface area contributed by atoms with Crippen molar-refractivity contribution < 1.29 is 22.7 Å². The minimum absolute atomic E-state index is 0.0246. The summed E-state index contributed by atoms with van der Waals surface area (Å²) in [5.41, 5.74) is 0.215. The van der Waals surface area contributed by atoms with Crippen LogP contribution in [0, 0.1) is 0 Å². The van der Waals surface area contributed by atoms with Gasteiger partial charge in [0.1, 0.15) is 28.7 Å². The molecule has 0 atom stereocenters. The fourth-order valence-corrected chi connectivity index (χ4v) is 4.03. The Balaban J connectivity index is 1.71. The average molecular weight is 442 g/mol. The summed E-state index contributed by atoms with van der Waals surface area (Å²) in [7, 11) is -4.07. The second-order valence-electron chi connectivity index (χ2n) is 6.32. The molecule has 1 amide bonds. The molecule has 1 aromatic heterocycles. The van der Waals surface area contributed by atoms with E-state index in [-0.39, 0.29) is 29.3 Å². The summed E-state index contributed by atoms with van der Waals surface area (Å²) in [5.74, 6) is 0.514. The van der Waals surface area contributed by atoms with Crippen molar-refractivity contribution in [1.29, 1.82) is 0 Å². The number of para-hydroxylation sites is 1. The molecule has 0 bridgehead atoms. The second kappa shape index (κ2) is 10.4. The molecular weight excluding hydrogens is 418 g/mol. The third kappa shape index (κ3) is 5.95. The SMILES string of the molecule is CCOc1ccncc1NS(=O)(=O)c1ccccc1C(=O)NCCOc1ccccc1. The van der Waals surface area contributed by atoms with Crippen LogP contribution < -0.4 is 19.5 Å². The quantitative estimate of drug-likeness (QED) is 0.468. The van der Waals surface area contributed by atoms with Crippen molar-refractivity contribution >= 4 is 21.6 Å². The smallest absolute Gasteiger partial charge is 0.262 e. The third-order valence-corrected chi connectivity index (χ3v) is 5.57. The summed E-state index contributed by atoms with van der Waals surface area (Å²) in [6, 6.07) is 16.7. The van der Waals surface area contributed by atoms with Gasteiger partial charge >= 0.3 is 0 Å². The van der Waals surface area contributed by atoms with Crippen molar-refractivity contribution in [1.82, 2.24) is 10.3 Å². The zero-order valence-electron chi connectivity index (χ0n) is 16.9. The lowest BCUT2D eigenvalue weighted by Gasteiger charge is -2.14. The maximum absolute atomic E-state index is 13.0. The Bertz CT molecular complexity index is 1120. The van der Waals surface area contributed by atoms with Crippen LogP contribution in [-0.4, -0.2) is 39.1 Å². The fourth-order valence-electron chi connectivity index (χ4n) is 2.77. The lowest BCUT2D eigenvalue weighted by atomic mass is 10.2. The Labute approximate surface area is 181 Å². The van der Waals surface area contributed by atoms with E-state index in [2.05, 4.69) is 15.0 Å². The van der Waals surface area contributed by atoms with Gasteiger partial charge in [-0.05, 0) is 31.2 Å². The lowest BCUT2D eigenvalue weighted by Crippen LogP contribution is -2.30. The van der Waals surface area contributed by atoms with Gasteiger partial charge in [0.2, 0.25) is 0 Å². The first-order valence-electron chi connectivity index (χ1n) is 9.66. The van der Waals surface area contributed by atoms with Gasteiger partial charge in [-0.15, -0.1) is 0 Å². The predicted molar refractivity (Wildman–Crippen MR) is 117 cm³/mol. The van der Waals surface area contributed by atoms with Gasteiger partial charge in [0.05, 0.1) is 24.9 Å². The minimum Gasteiger partial charge on any atom is -0.492 e. The Kier molecular flexibility index (Phi) is 7.45. The molecule has 0 unspecified atom stereocenters. The molecule has 0 aliphatic heterocycles. The highest BCUT2D eigenvalue weighted by Gasteiger charge is 2.23. The monoisotopic (exact) mass is 441 g/mol. The van der Waals surface area contributed by atoms with Gasteiger partial charge in [0, 0.05) is 12.3 Å². The predicted octanol–water partition coefficient (Wildman–Crippen LogP) is 3.09. The number of hydrogen-bond acceptors (Lipinski definition) is 6. The Morgan fingerprint density at radius 2 is 1.74 bits per heavy atom. The van der Waals surface area contributed by atoms with Crippen molar-refractivity contribution in [2.45, 2.75) is 11.8 Å². The van der Waals surface area contributed by atoms with E-state index in [9.17, 15) is 13.2 Å². The number of nitrogens with one attached hydrogen (secondary N) is 2. The van der Waals surface area contributed by atoms with Gasteiger partial charge < -0.3 is 14.8 Å². The largest absolute Gasteiger partial charge is 0.492 e. The molecule has 0 aliphatic rings. The molecule has 0 aliphatic carbocycles. The molecule has 2 aromatic carbocycles. The number of amides is 1. The van der Waals surface area contributed by atoms with Crippen LogP contribution in [0.3, 0.4) is 0 Å². The fraction of sp³-hybridized carbons (Fsp3) is 0.182. The average Bonchev–Trinajstić information content (AvgIpc) is 2.78. The van der Waals surface area contributed by atoms with Crippen molar-refractivity contribution in [3.8, 4) is 11.5 Å². The summed E-state index contributed by atoms with van der Waals surface area (Å²) in [6.07, 6.45) is 2.86. The van der Waals surface area contributed by atoms with Gasteiger partial charge in [-0.2, -0.15) is 0 Å². The van der Waals surface area contributed by atoms with Crippen molar-refractivity contribution in [2.24, 2.45) is 0 Å². The number of rotatable bonds is 10. The Morgan fingerprint density at radius 3 is 2.52 bits per heavy atom. The maximum atomic E-state index is 13.0. The van der Waals surface area contributed by atoms with Crippen LogP contribution in [0.5, 0.6) is 11.5 Å². The van der Waals surface area contributed by atoms with Crippen LogP contribution in [0.1, 0.15) is 17.3 Å². The van der Waals surface area contributed by atoms with Crippen molar-refractivity contribution in [2.75, 3.05) is 24.5 Å². The summed E-state index contributed by atoms with van der Waals surface area (Å²) < 4.78 is 39.4. The minimum atomic E-state index is -4.07. The molecule has 31 heavy (non-hydrogen) atoms. The van der Waals surface area contributed by atoms with E-state index < -0.39 is 15.9 Å². The first-order chi connectivity index (χ1) is 15.0. The van der Waals surface area contributed by atoms with Crippen molar-refractivity contribution in [3.63, 3.8) is 0 Å². The zero-order valence-corrected chi connectivity index (χ0v) is 17.8. The first-order valence-corrected chi connectivity index (χ1v) is 11.1. The summed E-state index contributed by atoms with van der Waals surface area (Å²) in [5, 5.41) is 2.68. The lowest BCUT2D eigenvalue weighted by molar-refractivity contribution is 0.0943. The van der Waals surface area contributed by atoms with E-state index in [0.29, 0.717) is 18.1 Å². The van der Waals surface area contributed by atoms with E-state index in [1.54, 1.807) is 25.1 Å². The van der Waals surface area contributed by atoms with Gasteiger partial charge in [-0.1, -0.05) is 30.3 Å². The number of aromatic nitrogens is 1. The molecule has 3 rings (SSSR count). The van der Waals surface area contributed by atoms with Gasteiger partial charge in [0.25, 0.3) is 15.9 Å². The van der Waals surface area contributed by atoms with E-state index >= 15 is 0 Å². The Hall–Kier alpha value is -3.59. The molecule has 3 aromatic rings. The summed E-state index contributed by atoms with van der Waals surface area (Å²) >= 11 is 0. The molecular formula is C22H23N3O5S. The van der Waals surface area contributed by atoms with E-state index in [1.165, 1.54) is 24.5 Å². The van der Waals surface area contributed by atoms with Crippen LogP contribution >= 0.6 is 0 Å². The van der Waals surface area contributed by atoms with Crippen LogP contribution in [0.2, 0.25) is 0 Å². The molecule has 8 nitrogen and oxygen atoms in total. The maximum Gasteiger partial charge on any atom is 0.262 e. The molecule has 0 saturated heterocycles. The Morgan fingerprint density at radius 1 is 1.00 bits per heavy atom. The number of pyridine rings is 1. The molecule has 0 spiro atoms. The summed E-state index contributed by atoms with van der Waals surface area (Å²) in [6.45, 7) is 2.62.